The Morgan fingerprint density at radius 2 is 1.87 bits per heavy atom. The van der Waals surface area contributed by atoms with E-state index in [1.54, 1.807) is 0 Å². The van der Waals surface area contributed by atoms with E-state index in [1.165, 1.54) is 0 Å². The van der Waals surface area contributed by atoms with Crippen molar-refractivity contribution in [3.05, 3.63) is 0 Å². The Kier molecular flexibility index (Phi) is 6.48. The van der Waals surface area contributed by atoms with Crippen molar-refractivity contribution in [3.8, 4) is 0 Å². The molecule has 3 nitrogen and oxygen atoms in total. The maximum absolute atomic E-state index is 11.6. The normalized spacial score (nSPS) is 11.1. The van der Waals surface area contributed by atoms with E-state index in [0.717, 1.165) is 25.7 Å². The summed E-state index contributed by atoms with van der Waals surface area (Å²) in [7, 11) is 0. The van der Waals surface area contributed by atoms with Crippen LogP contribution in [-0.4, -0.2) is 16.4 Å². The number of thiocarbonyl (C=S) groups is 1. The molecule has 0 heterocycles. The molecule has 15 heavy (non-hydrogen) atoms. The SMILES string of the molecule is CCCCC(=O)NC(CC)(CC)C(N)=S. The van der Waals surface area contributed by atoms with Gasteiger partial charge in [-0.2, -0.15) is 0 Å². The minimum atomic E-state index is -0.486. The van der Waals surface area contributed by atoms with Gasteiger partial charge in [0.15, 0.2) is 0 Å². The zero-order valence-electron chi connectivity index (χ0n) is 9.93. The van der Waals surface area contributed by atoms with E-state index in [0.29, 0.717) is 11.4 Å². The monoisotopic (exact) mass is 230 g/mol. The molecule has 0 fully saturated rings. The fourth-order valence-electron chi connectivity index (χ4n) is 1.50. The smallest absolute Gasteiger partial charge is 0.220 e. The van der Waals surface area contributed by atoms with Gasteiger partial charge in [0.25, 0.3) is 0 Å². The Hall–Kier alpha value is -0.640. The van der Waals surface area contributed by atoms with Crippen LogP contribution >= 0.6 is 12.2 Å². The van der Waals surface area contributed by atoms with Gasteiger partial charge < -0.3 is 11.1 Å². The highest BCUT2D eigenvalue weighted by Crippen LogP contribution is 2.16. The third kappa shape index (κ3) is 4.16. The molecule has 0 aliphatic carbocycles. The van der Waals surface area contributed by atoms with Crippen molar-refractivity contribution in [1.29, 1.82) is 0 Å². The molecule has 0 aliphatic rings. The summed E-state index contributed by atoms with van der Waals surface area (Å²) < 4.78 is 0. The summed E-state index contributed by atoms with van der Waals surface area (Å²) in [5, 5.41) is 2.96. The molecule has 0 unspecified atom stereocenters. The lowest BCUT2D eigenvalue weighted by Gasteiger charge is -2.31. The van der Waals surface area contributed by atoms with Gasteiger partial charge >= 0.3 is 0 Å². The van der Waals surface area contributed by atoms with Crippen LogP contribution in [0.25, 0.3) is 0 Å². The minimum Gasteiger partial charge on any atom is -0.391 e. The predicted molar refractivity (Wildman–Crippen MR) is 67.8 cm³/mol. The van der Waals surface area contributed by atoms with Gasteiger partial charge in [0, 0.05) is 6.42 Å². The van der Waals surface area contributed by atoms with Crippen LogP contribution in [0.15, 0.2) is 0 Å². The Labute approximate surface area is 97.8 Å². The molecular formula is C11H22N2OS. The second-order valence-electron chi connectivity index (χ2n) is 3.81. The Morgan fingerprint density at radius 3 is 2.20 bits per heavy atom. The van der Waals surface area contributed by atoms with Gasteiger partial charge in [-0.25, -0.2) is 0 Å². The molecule has 3 N–H and O–H groups in total. The number of nitrogens with two attached hydrogens (primary N) is 1. The molecule has 1 amide bonds. The van der Waals surface area contributed by atoms with Gasteiger partial charge in [-0.3, -0.25) is 4.79 Å². The zero-order valence-corrected chi connectivity index (χ0v) is 10.7. The van der Waals surface area contributed by atoms with Gasteiger partial charge in [-0.1, -0.05) is 39.4 Å². The molecule has 88 valence electrons. The number of carbonyl (C=O) groups excluding carboxylic acids is 1. The van der Waals surface area contributed by atoms with Gasteiger partial charge in [-0.05, 0) is 19.3 Å². The Morgan fingerprint density at radius 1 is 1.33 bits per heavy atom. The lowest BCUT2D eigenvalue weighted by Crippen LogP contribution is -2.55. The highest BCUT2D eigenvalue weighted by molar-refractivity contribution is 7.80. The molecule has 0 aromatic carbocycles. The topological polar surface area (TPSA) is 55.1 Å². The van der Waals surface area contributed by atoms with E-state index >= 15 is 0 Å². The van der Waals surface area contributed by atoms with Crippen LogP contribution in [0.3, 0.4) is 0 Å². The maximum atomic E-state index is 11.6. The highest BCUT2D eigenvalue weighted by atomic mass is 32.1. The van der Waals surface area contributed by atoms with Crippen LogP contribution in [0.2, 0.25) is 0 Å². The molecule has 0 saturated heterocycles. The lowest BCUT2D eigenvalue weighted by molar-refractivity contribution is -0.122. The molecular weight excluding hydrogens is 208 g/mol. The second kappa shape index (κ2) is 6.77. The van der Waals surface area contributed by atoms with Gasteiger partial charge in [0.05, 0.1) is 10.5 Å². The van der Waals surface area contributed by atoms with Crippen molar-refractivity contribution in [2.45, 2.75) is 58.4 Å². The van der Waals surface area contributed by atoms with Gasteiger partial charge in [0.2, 0.25) is 5.91 Å². The molecule has 0 aromatic heterocycles. The summed E-state index contributed by atoms with van der Waals surface area (Å²) in [6.45, 7) is 6.04. The van der Waals surface area contributed by atoms with Crippen molar-refractivity contribution in [3.63, 3.8) is 0 Å². The number of unbranched alkanes of at least 4 members (excludes halogenated alkanes) is 1. The lowest BCUT2D eigenvalue weighted by atomic mass is 9.92. The number of rotatable bonds is 7. The molecule has 0 spiro atoms. The fourth-order valence-corrected chi connectivity index (χ4v) is 1.84. The first-order valence-electron chi connectivity index (χ1n) is 5.63. The summed E-state index contributed by atoms with van der Waals surface area (Å²) in [4.78, 5) is 12.0. The van der Waals surface area contributed by atoms with E-state index < -0.39 is 5.54 Å². The molecule has 0 bridgehead atoms. The standard InChI is InChI=1S/C11H22N2OS/c1-4-7-8-9(14)13-11(5-2,6-3)10(12)15/h4-8H2,1-3H3,(H2,12,15)(H,13,14). The molecule has 0 rings (SSSR count). The number of nitrogens with one attached hydrogen (secondary N) is 1. The fraction of sp³-hybridized carbons (Fsp3) is 0.818. The van der Waals surface area contributed by atoms with Gasteiger partial charge in [-0.15, -0.1) is 0 Å². The molecule has 4 heteroatoms. The van der Waals surface area contributed by atoms with E-state index in [9.17, 15) is 4.79 Å². The first-order valence-corrected chi connectivity index (χ1v) is 6.04. The third-order valence-corrected chi connectivity index (χ3v) is 3.21. The Balaban J connectivity index is 4.40. The number of carbonyl (C=O) groups is 1. The van der Waals surface area contributed by atoms with E-state index in [2.05, 4.69) is 12.2 Å². The van der Waals surface area contributed by atoms with Crippen LogP contribution in [0, 0.1) is 0 Å². The summed E-state index contributed by atoms with van der Waals surface area (Å²) in [5.74, 6) is 0.0494. The van der Waals surface area contributed by atoms with E-state index in [1.807, 2.05) is 13.8 Å². The first kappa shape index (κ1) is 14.4. The van der Waals surface area contributed by atoms with Crippen LogP contribution in [0.4, 0.5) is 0 Å². The van der Waals surface area contributed by atoms with Crippen LogP contribution in [-0.2, 0) is 4.79 Å². The molecule has 0 aromatic rings. The molecule has 0 saturated carbocycles. The van der Waals surface area contributed by atoms with Crippen molar-refractivity contribution in [1.82, 2.24) is 5.32 Å². The number of hydrogen-bond donors (Lipinski definition) is 2. The van der Waals surface area contributed by atoms with Crippen molar-refractivity contribution >= 4 is 23.1 Å². The number of amides is 1. The van der Waals surface area contributed by atoms with Crippen molar-refractivity contribution < 1.29 is 4.79 Å². The van der Waals surface area contributed by atoms with Crippen LogP contribution in [0.5, 0.6) is 0 Å². The van der Waals surface area contributed by atoms with Crippen molar-refractivity contribution in [2.75, 3.05) is 0 Å². The maximum Gasteiger partial charge on any atom is 0.220 e. The predicted octanol–water partition coefficient (Wildman–Crippen LogP) is 2.14. The number of hydrogen-bond acceptors (Lipinski definition) is 2. The summed E-state index contributed by atoms with van der Waals surface area (Å²) in [6, 6.07) is 0. The van der Waals surface area contributed by atoms with E-state index in [-0.39, 0.29) is 5.91 Å². The first-order chi connectivity index (χ1) is 7.02. The molecule has 0 radical (unpaired) electrons. The Bertz CT molecular complexity index is 225. The second-order valence-corrected chi connectivity index (χ2v) is 4.25. The average molecular weight is 230 g/mol. The van der Waals surface area contributed by atoms with E-state index in [4.69, 9.17) is 18.0 Å². The summed E-state index contributed by atoms with van der Waals surface area (Å²) >= 11 is 5.02. The third-order valence-electron chi connectivity index (χ3n) is 2.81. The quantitative estimate of drug-likeness (QED) is 0.659. The summed E-state index contributed by atoms with van der Waals surface area (Å²) in [5.41, 5.74) is 5.20. The van der Waals surface area contributed by atoms with Gasteiger partial charge in [0.1, 0.15) is 0 Å². The molecule has 0 aliphatic heterocycles. The summed E-state index contributed by atoms with van der Waals surface area (Å²) in [6.07, 6.45) is 3.98. The average Bonchev–Trinajstić information content (AvgIpc) is 2.22. The molecule has 0 atom stereocenters. The largest absolute Gasteiger partial charge is 0.391 e. The highest BCUT2D eigenvalue weighted by Gasteiger charge is 2.30. The minimum absolute atomic E-state index is 0.0494. The van der Waals surface area contributed by atoms with Crippen LogP contribution < -0.4 is 11.1 Å². The zero-order chi connectivity index (χ0) is 11.9. The van der Waals surface area contributed by atoms with Crippen molar-refractivity contribution in [2.24, 2.45) is 5.73 Å². The van der Waals surface area contributed by atoms with Crippen LogP contribution in [0.1, 0.15) is 52.9 Å².